The number of benzene rings is 1. The van der Waals surface area contributed by atoms with Crippen LogP contribution in [0.25, 0.3) is 0 Å². The topological polar surface area (TPSA) is 46.9 Å². The molecule has 2 rings (SSSR count). The summed E-state index contributed by atoms with van der Waals surface area (Å²) in [5.74, 6) is -0.222. The van der Waals surface area contributed by atoms with E-state index in [1.165, 1.54) is 0 Å². The highest BCUT2D eigenvalue weighted by molar-refractivity contribution is 9.10. The molecule has 0 unspecified atom stereocenters. The van der Waals surface area contributed by atoms with Crippen LogP contribution in [0.1, 0.15) is 13.0 Å². The molecule has 0 radical (unpaired) electrons. The first-order valence-corrected chi connectivity index (χ1v) is 6.98. The average Bonchev–Trinajstić information content (AvgIpc) is 2.79. The number of carbonyl (C=O) groups is 1. The van der Waals surface area contributed by atoms with Crippen molar-refractivity contribution in [2.75, 3.05) is 5.32 Å². The predicted molar refractivity (Wildman–Crippen MR) is 79.7 cm³/mol. The lowest BCUT2D eigenvalue weighted by molar-refractivity contribution is -0.119. The van der Waals surface area contributed by atoms with Gasteiger partial charge in [-0.1, -0.05) is 23.2 Å². The number of anilines is 1. The van der Waals surface area contributed by atoms with Gasteiger partial charge in [-0.15, -0.1) is 0 Å². The fourth-order valence-electron chi connectivity index (χ4n) is 1.48. The molecular weight excluding hydrogens is 353 g/mol. The van der Waals surface area contributed by atoms with Gasteiger partial charge in [0.25, 0.3) is 0 Å². The summed E-state index contributed by atoms with van der Waals surface area (Å²) in [6.07, 6.45) is 3.35. The Kier molecular flexibility index (Phi) is 4.50. The van der Waals surface area contributed by atoms with Crippen LogP contribution in [0, 0.1) is 0 Å². The summed E-state index contributed by atoms with van der Waals surface area (Å²) in [5.41, 5.74) is 0.484. The van der Waals surface area contributed by atoms with Crippen LogP contribution >= 0.6 is 39.1 Å². The molecule has 0 fully saturated rings. The zero-order valence-electron chi connectivity index (χ0n) is 9.90. The van der Waals surface area contributed by atoms with Gasteiger partial charge in [0.15, 0.2) is 0 Å². The van der Waals surface area contributed by atoms with E-state index in [2.05, 4.69) is 26.3 Å². The molecule has 0 aliphatic rings. The summed E-state index contributed by atoms with van der Waals surface area (Å²) < 4.78 is 2.37. The summed E-state index contributed by atoms with van der Waals surface area (Å²) >= 11 is 15.1. The number of hydrogen-bond donors (Lipinski definition) is 1. The lowest BCUT2D eigenvalue weighted by atomic mass is 10.2. The number of nitrogens with one attached hydrogen (secondary N) is 1. The molecule has 1 heterocycles. The number of rotatable bonds is 3. The molecule has 0 saturated carbocycles. The van der Waals surface area contributed by atoms with Crippen molar-refractivity contribution in [2.45, 2.75) is 13.0 Å². The maximum absolute atomic E-state index is 12.1. The molecule has 0 bridgehead atoms. The molecular formula is C12H10BrCl2N3O. The fourth-order valence-corrected chi connectivity index (χ4v) is 2.12. The normalized spacial score (nSPS) is 12.2. The highest BCUT2D eigenvalue weighted by Gasteiger charge is 2.17. The minimum Gasteiger partial charge on any atom is -0.323 e. The molecule has 4 nitrogen and oxygen atoms in total. The van der Waals surface area contributed by atoms with Crippen LogP contribution < -0.4 is 5.32 Å². The molecule has 1 atom stereocenters. The van der Waals surface area contributed by atoms with Crippen molar-refractivity contribution in [1.82, 2.24) is 9.78 Å². The number of nitrogens with zero attached hydrogens (tertiary/aromatic N) is 2. The third kappa shape index (κ3) is 3.49. The van der Waals surface area contributed by atoms with Crippen LogP contribution in [0.5, 0.6) is 0 Å². The standard InChI is InChI=1S/C12H10BrCl2N3O/c1-7(18-6-8(13)5-16-18)12(19)17-11-4-9(14)2-3-10(11)15/h2-7H,1H3,(H,17,19)/t7-/m0/s1. The molecule has 1 aromatic carbocycles. The quantitative estimate of drug-likeness (QED) is 0.891. The zero-order valence-corrected chi connectivity index (χ0v) is 13.0. The monoisotopic (exact) mass is 361 g/mol. The average molecular weight is 363 g/mol. The molecule has 1 N–H and O–H groups in total. The summed E-state index contributed by atoms with van der Waals surface area (Å²) in [6, 6.07) is 4.44. The molecule has 7 heteroatoms. The minimum atomic E-state index is -0.457. The molecule has 0 aliphatic heterocycles. The van der Waals surface area contributed by atoms with E-state index in [1.54, 1.807) is 42.2 Å². The number of amides is 1. The van der Waals surface area contributed by atoms with Crippen LogP contribution in [0.2, 0.25) is 10.0 Å². The largest absolute Gasteiger partial charge is 0.323 e. The Morgan fingerprint density at radius 3 is 2.84 bits per heavy atom. The third-order valence-corrected chi connectivity index (χ3v) is 3.51. The fraction of sp³-hybridized carbons (Fsp3) is 0.167. The Morgan fingerprint density at radius 2 is 2.21 bits per heavy atom. The van der Waals surface area contributed by atoms with Crippen LogP contribution in [-0.4, -0.2) is 15.7 Å². The summed E-state index contributed by atoms with van der Waals surface area (Å²) in [6.45, 7) is 1.74. The van der Waals surface area contributed by atoms with Gasteiger partial charge in [-0.3, -0.25) is 9.48 Å². The van der Waals surface area contributed by atoms with Crippen molar-refractivity contribution >= 4 is 50.7 Å². The third-order valence-electron chi connectivity index (χ3n) is 2.53. The van der Waals surface area contributed by atoms with E-state index < -0.39 is 6.04 Å². The molecule has 19 heavy (non-hydrogen) atoms. The molecule has 100 valence electrons. The van der Waals surface area contributed by atoms with Crippen LogP contribution in [-0.2, 0) is 4.79 Å². The Hall–Kier alpha value is -1.04. The lowest BCUT2D eigenvalue weighted by Crippen LogP contribution is -2.24. The first kappa shape index (κ1) is 14.4. The predicted octanol–water partition coefficient (Wildman–Crippen LogP) is 4.15. The molecule has 1 aromatic heterocycles. The van der Waals surface area contributed by atoms with Gasteiger partial charge in [-0.05, 0) is 41.1 Å². The minimum absolute atomic E-state index is 0.222. The summed E-state index contributed by atoms with van der Waals surface area (Å²) in [4.78, 5) is 12.1. The smallest absolute Gasteiger partial charge is 0.248 e. The molecule has 1 amide bonds. The van der Waals surface area contributed by atoms with E-state index >= 15 is 0 Å². The van der Waals surface area contributed by atoms with Crippen molar-refractivity contribution < 1.29 is 4.79 Å². The van der Waals surface area contributed by atoms with Gasteiger partial charge in [0.2, 0.25) is 5.91 Å². The molecule has 2 aromatic rings. The maximum Gasteiger partial charge on any atom is 0.248 e. The maximum atomic E-state index is 12.1. The first-order chi connectivity index (χ1) is 8.97. The zero-order chi connectivity index (χ0) is 14.0. The van der Waals surface area contributed by atoms with E-state index in [0.29, 0.717) is 15.7 Å². The Bertz CT molecular complexity index is 615. The van der Waals surface area contributed by atoms with Crippen LogP contribution in [0.4, 0.5) is 5.69 Å². The number of hydrogen-bond acceptors (Lipinski definition) is 2. The van der Waals surface area contributed by atoms with Crippen molar-refractivity contribution in [3.05, 3.63) is 45.1 Å². The van der Waals surface area contributed by atoms with E-state index in [0.717, 1.165) is 4.47 Å². The highest BCUT2D eigenvalue weighted by atomic mass is 79.9. The van der Waals surface area contributed by atoms with Crippen LogP contribution in [0.15, 0.2) is 35.1 Å². The highest BCUT2D eigenvalue weighted by Crippen LogP contribution is 2.26. The van der Waals surface area contributed by atoms with E-state index in [9.17, 15) is 4.79 Å². The second-order valence-electron chi connectivity index (χ2n) is 3.93. The van der Waals surface area contributed by atoms with Gasteiger partial charge in [0, 0.05) is 11.2 Å². The van der Waals surface area contributed by atoms with Gasteiger partial charge < -0.3 is 5.32 Å². The second-order valence-corrected chi connectivity index (χ2v) is 5.69. The van der Waals surface area contributed by atoms with Gasteiger partial charge in [0.1, 0.15) is 6.04 Å². The molecule has 0 saturated heterocycles. The van der Waals surface area contributed by atoms with E-state index in [-0.39, 0.29) is 5.91 Å². The second kappa shape index (κ2) is 5.94. The van der Waals surface area contributed by atoms with Gasteiger partial charge >= 0.3 is 0 Å². The number of carbonyl (C=O) groups excluding carboxylic acids is 1. The van der Waals surface area contributed by atoms with Crippen molar-refractivity contribution in [3.8, 4) is 0 Å². The Labute approximate surface area is 128 Å². The van der Waals surface area contributed by atoms with E-state index in [1.807, 2.05) is 0 Å². The van der Waals surface area contributed by atoms with Crippen molar-refractivity contribution in [2.24, 2.45) is 0 Å². The van der Waals surface area contributed by atoms with Gasteiger partial charge in [-0.25, -0.2) is 0 Å². The summed E-state index contributed by atoms with van der Waals surface area (Å²) in [5, 5.41) is 7.74. The van der Waals surface area contributed by atoms with Crippen LogP contribution in [0.3, 0.4) is 0 Å². The Morgan fingerprint density at radius 1 is 1.47 bits per heavy atom. The number of halogens is 3. The summed E-state index contributed by atoms with van der Waals surface area (Å²) in [7, 11) is 0. The van der Waals surface area contributed by atoms with Gasteiger partial charge in [0.05, 0.1) is 21.4 Å². The Balaban J connectivity index is 2.14. The molecule has 0 spiro atoms. The SMILES string of the molecule is C[C@@H](C(=O)Nc1cc(Cl)ccc1Cl)n1cc(Br)cn1. The van der Waals surface area contributed by atoms with Crippen molar-refractivity contribution in [1.29, 1.82) is 0 Å². The molecule has 0 aliphatic carbocycles. The first-order valence-electron chi connectivity index (χ1n) is 5.43. The number of aromatic nitrogens is 2. The van der Waals surface area contributed by atoms with Crippen molar-refractivity contribution in [3.63, 3.8) is 0 Å². The van der Waals surface area contributed by atoms with E-state index in [4.69, 9.17) is 23.2 Å². The van der Waals surface area contributed by atoms with Gasteiger partial charge in [-0.2, -0.15) is 5.10 Å². The lowest BCUT2D eigenvalue weighted by Gasteiger charge is -2.13.